The summed E-state index contributed by atoms with van der Waals surface area (Å²) in [6.45, 7) is 5.83. The summed E-state index contributed by atoms with van der Waals surface area (Å²) in [6, 6.07) is 0. The molecule has 0 radical (unpaired) electrons. The van der Waals surface area contributed by atoms with E-state index in [1.807, 2.05) is 13.8 Å². The van der Waals surface area contributed by atoms with Crippen LogP contribution in [0.1, 0.15) is 46.5 Å². The van der Waals surface area contributed by atoms with E-state index in [0.717, 1.165) is 32.0 Å². The normalized spacial score (nSPS) is 33.1. The predicted molar refractivity (Wildman–Crippen MR) is 52.4 cm³/mol. The van der Waals surface area contributed by atoms with Gasteiger partial charge in [-0.25, -0.2) is 0 Å². The second kappa shape index (κ2) is 3.41. The number of rotatable bonds is 5. The van der Waals surface area contributed by atoms with Crippen LogP contribution in [0.4, 0.5) is 0 Å². The molecular weight excluding hydrogens is 164 g/mol. The Hall–Kier alpha value is -0.370. The zero-order chi connectivity index (χ0) is 10.1. The number of aliphatic hydroxyl groups is 1. The van der Waals surface area contributed by atoms with Gasteiger partial charge in [-0.1, -0.05) is 13.3 Å². The van der Waals surface area contributed by atoms with Crippen LogP contribution in [-0.4, -0.2) is 17.0 Å². The molecule has 1 fully saturated rings. The Morgan fingerprint density at radius 1 is 1.62 bits per heavy atom. The van der Waals surface area contributed by atoms with Crippen LogP contribution in [0.15, 0.2) is 0 Å². The predicted octanol–water partition coefficient (Wildman–Crippen LogP) is 2.15. The van der Waals surface area contributed by atoms with E-state index < -0.39 is 5.60 Å². The summed E-state index contributed by atoms with van der Waals surface area (Å²) in [5.74, 6) is 0.286. The maximum absolute atomic E-state index is 10.5. The standard InChI is InChI=1S/C11H20O2/c1-10(2,13)5-4-6-11(3)7-9(11)8-12/h8-9,13H,4-7H2,1-3H3/t9-,11+/m0/s1. The molecule has 0 aliphatic heterocycles. The van der Waals surface area contributed by atoms with Gasteiger partial charge in [-0.2, -0.15) is 0 Å². The first-order chi connectivity index (χ1) is 5.87. The van der Waals surface area contributed by atoms with Crippen molar-refractivity contribution >= 4 is 6.29 Å². The zero-order valence-corrected chi connectivity index (χ0v) is 8.84. The maximum atomic E-state index is 10.5. The average Bonchev–Trinajstić information content (AvgIpc) is 2.59. The third kappa shape index (κ3) is 3.11. The van der Waals surface area contributed by atoms with Crippen molar-refractivity contribution in [2.24, 2.45) is 11.3 Å². The summed E-state index contributed by atoms with van der Waals surface area (Å²) in [4.78, 5) is 10.5. The van der Waals surface area contributed by atoms with Gasteiger partial charge in [0.25, 0.3) is 0 Å². The molecule has 2 nitrogen and oxygen atoms in total. The van der Waals surface area contributed by atoms with Crippen molar-refractivity contribution in [3.63, 3.8) is 0 Å². The highest BCUT2D eigenvalue weighted by atomic mass is 16.3. The number of hydrogen-bond donors (Lipinski definition) is 1. The van der Waals surface area contributed by atoms with Crippen LogP contribution >= 0.6 is 0 Å². The lowest BCUT2D eigenvalue weighted by Crippen LogP contribution is -2.18. The van der Waals surface area contributed by atoms with Crippen LogP contribution in [-0.2, 0) is 4.79 Å². The van der Waals surface area contributed by atoms with E-state index in [0.29, 0.717) is 0 Å². The van der Waals surface area contributed by atoms with E-state index in [2.05, 4.69) is 6.92 Å². The Bertz CT molecular complexity index is 193. The lowest BCUT2D eigenvalue weighted by Gasteiger charge is -2.18. The first kappa shape index (κ1) is 10.7. The van der Waals surface area contributed by atoms with Crippen LogP contribution in [0.5, 0.6) is 0 Å². The minimum absolute atomic E-state index is 0.257. The fourth-order valence-corrected chi connectivity index (χ4v) is 1.87. The molecule has 0 bridgehead atoms. The maximum Gasteiger partial charge on any atom is 0.123 e. The number of carbonyl (C=O) groups is 1. The van der Waals surface area contributed by atoms with Gasteiger partial charge >= 0.3 is 0 Å². The Kier molecular flexibility index (Phi) is 2.81. The van der Waals surface area contributed by atoms with Gasteiger partial charge in [0.05, 0.1) is 5.60 Å². The van der Waals surface area contributed by atoms with Gasteiger partial charge in [-0.15, -0.1) is 0 Å². The van der Waals surface area contributed by atoms with Gasteiger partial charge in [0, 0.05) is 5.92 Å². The molecule has 2 atom stereocenters. The third-order valence-corrected chi connectivity index (χ3v) is 3.12. The molecule has 13 heavy (non-hydrogen) atoms. The van der Waals surface area contributed by atoms with Crippen molar-refractivity contribution in [3.05, 3.63) is 0 Å². The van der Waals surface area contributed by atoms with E-state index in [1.165, 1.54) is 0 Å². The summed E-state index contributed by atoms with van der Waals surface area (Å²) in [5, 5.41) is 9.49. The molecule has 0 unspecified atom stereocenters. The molecule has 0 aromatic rings. The Morgan fingerprint density at radius 3 is 2.62 bits per heavy atom. The molecule has 0 spiro atoms. The summed E-state index contributed by atoms with van der Waals surface area (Å²) in [6.07, 6.45) is 5.03. The first-order valence-electron chi connectivity index (χ1n) is 5.05. The van der Waals surface area contributed by atoms with Crippen LogP contribution in [0.2, 0.25) is 0 Å². The highest BCUT2D eigenvalue weighted by molar-refractivity contribution is 5.59. The van der Waals surface area contributed by atoms with Gasteiger partial charge in [0.15, 0.2) is 0 Å². The van der Waals surface area contributed by atoms with E-state index in [-0.39, 0.29) is 11.3 Å². The minimum Gasteiger partial charge on any atom is -0.390 e. The molecule has 1 N–H and O–H groups in total. The fourth-order valence-electron chi connectivity index (χ4n) is 1.87. The quantitative estimate of drug-likeness (QED) is 0.665. The lowest BCUT2D eigenvalue weighted by atomic mass is 9.94. The molecule has 0 aromatic carbocycles. The van der Waals surface area contributed by atoms with Crippen LogP contribution in [0, 0.1) is 11.3 Å². The molecule has 1 aliphatic carbocycles. The summed E-state index contributed by atoms with van der Waals surface area (Å²) >= 11 is 0. The van der Waals surface area contributed by atoms with Gasteiger partial charge in [-0.05, 0) is 38.5 Å². The molecule has 0 saturated heterocycles. The zero-order valence-electron chi connectivity index (χ0n) is 8.84. The van der Waals surface area contributed by atoms with Gasteiger partial charge in [0.1, 0.15) is 6.29 Å². The molecule has 1 aliphatic rings. The van der Waals surface area contributed by atoms with Crippen LogP contribution in [0.3, 0.4) is 0 Å². The molecule has 0 heterocycles. The Morgan fingerprint density at radius 2 is 2.23 bits per heavy atom. The number of carbonyl (C=O) groups excluding carboxylic acids is 1. The topological polar surface area (TPSA) is 37.3 Å². The molecule has 1 saturated carbocycles. The van der Waals surface area contributed by atoms with Crippen molar-refractivity contribution < 1.29 is 9.90 Å². The minimum atomic E-state index is -0.554. The van der Waals surface area contributed by atoms with Gasteiger partial charge in [0.2, 0.25) is 0 Å². The SMILES string of the molecule is CC(C)(O)CCC[C@]1(C)C[C@H]1C=O. The third-order valence-electron chi connectivity index (χ3n) is 3.12. The van der Waals surface area contributed by atoms with E-state index in [9.17, 15) is 9.90 Å². The van der Waals surface area contributed by atoms with Crippen LogP contribution < -0.4 is 0 Å². The van der Waals surface area contributed by atoms with E-state index >= 15 is 0 Å². The number of aldehydes is 1. The summed E-state index contributed by atoms with van der Waals surface area (Å²) in [7, 11) is 0. The smallest absolute Gasteiger partial charge is 0.123 e. The molecule has 0 amide bonds. The highest BCUT2D eigenvalue weighted by Gasteiger charge is 2.48. The molecule has 76 valence electrons. The first-order valence-corrected chi connectivity index (χ1v) is 5.05. The monoisotopic (exact) mass is 184 g/mol. The van der Waals surface area contributed by atoms with E-state index in [4.69, 9.17) is 0 Å². The highest BCUT2D eigenvalue weighted by Crippen LogP contribution is 2.54. The van der Waals surface area contributed by atoms with Crippen molar-refractivity contribution in [3.8, 4) is 0 Å². The molecule has 1 rings (SSSR count). The van der Waals surface area contributed by atoms with Gasteiger partial charge in [-0.3, -0.25) is 0 Å². The second-order valence-corrected chi connectivity index (χ2v) is 5.27. The number of hydrogen-bond acceptors (Lipinski definition) is 2. The fraction of sp³-hybridized carbons (Fsp3) is 0.909. The lowest BCUT2D eigenvalue weighted by molar-refractivity contribution is -0.109. The Balaban J connectivity index is 2.18. The molecule has 2 heteroatoms. The molecule has 0 aromatic heterocycles. The Labute approximate surface area is 80.3 Å². The largest absolute Gasteiger partial charge is 0.390 e. The average molecular weight is 184 g/mol. The van der Waals surface area contributed by atoms with Gasteiger partial charge < -0.3 is 9.90 Å². The second-order valence-electron chi connectivity index (χ2n) is 5.27. The van der Waals surface area contributed by atoms with Crippen molar-refractivity contribution in [2.75, 3.05) is 0 Å². The van der Waals surface area contributed by atoms with E-state index in [1.54, 1.807) is 0 Å². The van der Waals surface area contributed by atoms with Crippen molar-refractivity contribution in [2.45, 2.75) is 52.1 Å². The summed E-state index contributed by atoms with van der Waals surface area (Å²) < 4.78 is 0. The summed E-state index contributed by atoms with van der Waals surface area (Å²) in [5.41, 5.74) is -0.297. The molecular formula is C11H20O2. The van der Waals surface area contributed by atoms with Crippen molar-refractivity contribution in [1.82, 2.24) is 0 Å². The van der Waals surface area contributed by atoms with Crippen molar-refractivity contribution in [1.29, 1.82) is 0 Å². The van der Waals surface area contributed by atoms with Crippen LogP contribution in [0.25, 0.3) is 0 Å².